The fourth-order valence-corrected chi connectivity index (χ4v) is 2.45. The second kappa shape index (κ2) is 6.73. The summed E-state index contributed by atoms with van der Waals surface area (Å²) < 4.78 is 0. The number of nitrogens with one attached hydrogen (secondary N) is 1. The van der Waals surface area contributed by atoms with Gasteiger partial charge in [0.25, 0.3) is 0 Å². The summed E-state index contributed by atoms with van der Waals surface area (Å²) in [5.74, 6) is 6.22. The van der Waals surface area contributed by atoms with E-state index in [4.69, 9.17) is 5.73 Å². The Hall–Kier alpha value is -3.59. The third-order valence-electron chi connectivity index (χ3n) is 4.12. The summed E-state index contributed by atoms with van der Waals surface area (Å²) in [5, 5.41) is 9.52. The van der Waals surface area contributed by atoms with Gasteiger partial charge in [0, 0.05) is 23.2 Å². The van der Waals surface area contributed by atoms with Gasteiger partial charge in [-0.2, -0.15) is 0 Å². The average molecular weight is 346 g/mol. The van der Waals surface area contributed by atoms with Crippen LogP contribution in [0, 0.1) is 11.8 Å². The predicted molar refractivity (Wildman–Crippen MR) is 99.7 cm³/mol. The first kappa shape index (κ1) is 17.2. The lowest BCUT2D eigenvalue weighted by Gasteiger charge is -2.24. The number of rotatable bonds is 2. The van der Waals surface area contributed by atoms with Crippen LogP contribution in [0.15, 0.2) is 53.6 Å². The van der Waals surface area contributed by atoms with Gasteiger partial charge in [-0.05, 0) is 29.7 Å². The molecule has 130 valence electrons. The van der Waals surface area contributed by atoms with Crippen LogP contribution in [0.3, 0.4) is 0 Å². The molecule has 0 aliphatic carbocycles. The third kappa shape index (κ3) is 3.57. The topological polar surface area (TPSA) is 105 Å². The number of nitrogens with two attached hydrogens (primary N) is 1. The minimum Gasteiger partial charge on any atom is -0.508 e. The summed E-state index contributed by atoms with van der Waals surface area (Å²) >= 11 is 0. The fraction of sp³-hybridized carbons (Fsp3) is 0.150. The number of nitrogen functional groups attached to an aromatic ring is 1. The van der Waals surface area contributed by atoms with Gasteiger partial charge in [-0.1, -0.05) is 31.9 Å². The maximum atomic E-state index is 11.3. The van der Waals surface area contributed by atoms with E-state index < -0.39 is 5.41 Å². The number of hydrogen-bond donors (Lipinski definition) is 3. The largest absolute Gasteiger partial charge is 0.508 e. The Labute approximate surface area is 150 Å². The molecular formula is C20H18N4O2. The SMILES string of the molecule is CC(C)(c1ccc(=O)[nH]c1)c1cnc(N)c(C#Cc2cccc(O)c2)n1. The molecule has 0 aliphatic heterocycles. The molecular weight excluding hydrogens is 328 g/mol. The van der Waals surface area contributed by atoms with E-state index in [-0.39, 0.29) is 17.1 Å². The van der Waals surface area contributed by atoms with Gasteiger partial charge >= 0.3 is 0 Å². The Morgan fingerprint density at radius 1 is 1.19 bits per heavy atom. The van der Waals surface area contributed by atoms with Gasteiger partial charge in [0.15, 0.2) is 11.5 Å². The van der Waals surface area contributed by atoms with E-state index in [9.17, 15) is 9.90 Å². The first-order valence-corrected chi connectivity index (χ1v) is 7.99. The Morgan fingerprint density at radius 3 is 2.69 bits per heavy atom. The van der Waals surface area contributed by atoms with Crippen LogP contribution in [0.25, 0.3) is 0 Å². The minimum absolute atomic E-state index is 0.142. The first-order valence-electron chi connectivity index (χ1n) is 7.99. The van der Waals surface area contributed by atoms with Gasteiger partial charge in [-0.25, -0.2) is 9.97 Å². The normalized spacial score (nSPS) is 10.8. The first-order chi connectivity index (χ1) is 12.4. The highest BCUT2D eigenvalue weighted by molar-refractivity contribution is 5.51. The molecule has 4 N–H and O–H groups in total. The second-order valence-corrected chi connectivity index (χ2v) is 6.36. The Bertz CT molecular complexity index is 1050. The predicted octanol–water partition coefficient (Wildman–Crippen LogP) is 2.18. The molecule has 2 heterocycles. The number of phenols is 1. The van der Waals surface area contributed by atoms with Crippen molar-refractivity contribution in [1.29, 1.82) is 0 Å². The summed E-state index contributed by atoms with van der Waals surface area (Å²) in [7, 11) is 0. The van der Waals surface area contributed by atoms with Crippen molar-refractivity contribution in [2.24, 2.45) is 0 Å². The van der Waals surface area contributed by atoms with Crippen molar-refractivity contribution in [2.75, 3.05) is 5.73 Å². The van der Waals surface area contributed by atoms with Crippen LogP contribution < -0.4 is 11.3 Å². The van der Waals surface area contributed by atoms with Gasteiger partial charge < -0.3 is 15.8 Å². The van der Waals surface area contributed by atoms with E-state index in [0.717, 1.165) is 5.56 Å². The molecule has 0 unspecified atom stereocenters. The molecule has 3 rings (SSSR count). The van der Waals surface area contributed by atoms with Crippen molar-refractivity contribution in [2.45, 2.75) is 19.3 Å². The number of aromatic amines is 1. The lowest BCUT2D eigenvalue weighted by molar-refractivity contribution is 0.475. The molecule has 6 nitrogen and oxygen atoms in total. The summed E-state index contributed by atoms with van der Waals surface area (Å²) in [6, 6.07) is 9.87. The third-order valence-corrected chi connectivity index (χ3v) is 4.12. The number of hydrogen-bond acceptors (Lipinski definition) is 5. The van der Waals surface area contributed by atoms with Gasteiger partial charge in [0.05, 0.1) is 11.9 Å². The molecule has 0 saturated heterocycles. The van der Waals surface area contributed by atoms with Crippen LogP contribution in [0.1, 0.15) is 36.4 Å². The Kier molecular flexibility index (Phi) is 4.46. The van der Waals surface area contributed by atoms with E-state index in [0.29, 0.717) is 17.0 Å². The number of H-pyrrole nitrogens is 1. The molecule has 2 aromatic heterocycles. The molecule has 1 aromatic carbocycles. The van der Waals surface area contributed by atoms with Crippen LogP contribution in [0.5, 0.6) is 5.75 Å². The van der Waals surface area contributed by atoms with Crippen molar-refractivity contribution in [3.8, 4) is 17.6 Å². The number of anilines is 1. The lowest BCUT2D eigenvalue weighted by atomic mass is 9.82. The highest BCUT2D eigenvalue weighted by Crippen LogP contribution is 2.29. The zero-order valence-electron chi connectivity index (χ0n) is 14.4. The number of nitrogens with zero attached hydrogens (tertiary/aromatic N) is 2. The second-order valence-electron chi connectivity index (χ2n) is 6.36. The zero-order valence-corrected chi connectivity index (χ0v) is 14.4. The summed E-state index contributed by atoms with van der Waals surface area (Å²) in [4.78, 5) is 22.7. The average Bonchev–Trinajstić information content (AvgIpc) is 2.61. The van der Waals surface area contributed by atoms with Crippen molar-refractivity contribution in [3.05, 3.63) is 81.7 Å². The number of aromatic nitrogens is 3. The number of pyridine rings is 1. The van der Waals surface area contributed by atoms with Gasteiger partial charge in [0.1, 0.15) is 5.75 Å². The van der Waals surface area contributed by atoms with Gasteiger partial charge in [-0.3, -0.25) is 4.79 Å². The Morgan fingerprint density at radius 2 is 2.00 bits per heavy atom. The van der Waals surface area contributed by atoms with E-state index >= 15 is 0 Å². The molecule has 3 aromatic rings. The van der Waals surface area contributed by atoms with Crippen molar-refractivity contribution >= 4 is 5.82 Å². The molecule has 6 heteroatoms. The van der Waals surface area contributed by atoms with Crippen molar-refractivity contribution in [1.82, 2.24) is 15.0 Å². The van der Waals surface area contributed by atoms with E-state index in [1.807, 2.05) is 13.8 Å². The maximum Gasteiger partial charge on any atom is 0.247 e. The van der Waals surface area contributed by atoms with Crippen LogP contribution in [-0.2, 0) is 5.41 Å². The van der Waals surface area contributed by atoms with Crippen LogP contribution >= 0.6 is 0 Å². The smallest absolute Gasteiger partial charge is 0.247 e. The summed E-state index contributed by atoms with van der Waals surface area (Å²) in [5.41, 5.74) is 7.84. The van der Waals surface area contributed by atoms with Crippen LogP contribution in [-0.4, -0.2) is 20.1 Å². The zero-order chi connectivity index (χ0) is 18.7. The Balaban J connectivity index is 2.00. The molecule has 0 spiro atoms. The van der Waals surface area contributed by atoms with Gasteiger partial charge in [0.2, 0.25) is 5.56 Å². The van der Waals surface area contributed by atoms with E-state index in [1.54, 1.807) is 42.7 Å². The molecule has 26 heavy (non-hydrogen) atoms. The number of benzene rings is 1. The van der Waals surface area contributed by atoms with Crippen LogP contribution in [0.2, 0.25) is 0 Å². The summed E-state index contributed by atoms with van der Waals surface area (Å²) in [6.07, 6.45) is 3.28. The molecule has 0 radical (unpaired) electrons. The molecule has 0 saturated carbocycles. The lowest BCUT2D eigenvalue weighted by Crippen LogP contribution is -2.23. The van der Waals surface area contributed by atoms with E-state index in [1.165, 1.54) is 6.07 Å². The van der Waals surface area contributed by atoms with E-state index in [2.05, 4.69) is 26.8 Å². The standard InChI is InChI=1S/C20H18N4O2/c1-20(2,14-7-9-18(26)22-11-14)17-12-23-19(21)16(24-17)8-6-13-4-3-5-15(25)10-13/h3-5,7,9-12,25H,1-2H3,(H2,21,23)(H,22,26). The highest BCUT2D eigenvalue weighted by atomic mass is 16.3. The molecule has 0 fully saturated rings. The molecule has 0 bridgehead atoms. The maximum absolute atomic E-state index is 11.3. The molecule has 0 aliphatic rings. The van der Waals surface area contributed by atoms with Crippen LogP contribution in [0.4, 0.5) is 5.82 Å². The minimum atomic E-state index is -0.494. The van der Waals surface area contributed by atoms with Crippen molar-refractivity contribution < 1.29 is 5.11 Å². The highest BCUT2D eigenvalue weighted by Gasteiger charge is 2.26. The molecule has 0 atom stereocenters. The number of aromatic hydroxyl groups is 1. The van der Waals surface area contributed by atoms with Gasteiger partial charge in [-0.15, -0.1) is 0 Å². The molecule has 0 amide bonds. The fourth-order valence-electron chi connectivity index (χ4n) is 2.45. The van der Waals surface area contributed by atoms with Crippen molar-refractivity contribution in [3.63, 3.8) is 0 Å². The quantitative estimate of drug-likeness (QED) is 0.617. The summed E-state index contributed by atoms with van der Waals surface area (Å²) in [6.45, 7) is 3.96. The number of phenolic OH excluding ortho intramolecular Hbond substituents is 1. The monoisotopic (exact) mass is 346 g/mol.